The third-order valence-electron chi connectivity index (χ3n) is 2.73. The molecule has 0 heterocycles. The van der Waals surface area contributed by atoms with E-state index >= 15 is 0 Å². The molecule has 0 radical (unpaired) electrons. The molecule has 0 bridgehead atoms. The van der Waals surface area contributed by atoms with Crippen LogP contribution in [0.5, 0.6) is 5.75 Å². The van der Waals surface area contributed by atoms with Crippen LogP contribution >= 0.6 is 15.9 Å². The number of carbonyl (C=O) groups is 1. The number of hydrogen-bond donors (Lipinski definition) is 2. The van der Waals surface area contributed by atoms with E-state index in [2.05, 4.69) is 28.2 Å². The fraction of sp³-hybridized carbons (Fsp3) is 0.500. The first-order valence-electron chi connectivity index (χ1n) is 6.53. The molecule has 1 atom stereocenters. The molecule has 0 saturated carbocycles. The summed E-state index contributed by atoms with van der Waals surface area (Å²) >= 11 is 3.51. The zero-order valence-corrected chi connectivity index (χ0v) is 13.0. The Morgan fingerprint density at radius 3 is 2.79 bits per heavy atom. The van der Waals surface area contributed by atoms with E-state index in [0.717, 1.165) is 29.5 Å². The first-order valence-corrected chi connectivity index (χ1v) is 7.32. The number of rotatable bonds is 8. The number of benzene rings is 1. The summed E-state index contributed by atoms with van der Waals surface area (Å²) in [6.07, 6.45) is 1.08. The minimum Gasteiger partial charge on any atom is -0.481 e. The lowest BCUT2D eigenvalue weighted by Crippen LogP contribution is -2.33. The minimum absolute atomic E-state index is 0.434. The maximum atomic E-state index is 11.2. The van der Waals surface area contributed by atoms with E-state index in [1.807, 2.05) is 25.1 Å². The van der Waals surface area contributed by atoms with Gasteiger partial charge in [-0.1, -0.05) is 29.8 Å². The highest BCUT2D eigenvalue weighted by Gasteiger charge is 2.15. The molecule has 1 unspecified atom stereocenters. The van der Waals surface area contributed by atoms with Gasteiger partial charge in [-0.2, -0.15) is 0 Å². The highest BCUT2D eigenvalue weighted by atomic mass is 79.9. The molecule has 1 aromatic carbocycles. The van der Waals surface area contributed by atoms with Gasteiger partial charge in [0.15, 0.2) is 6.10 Å². The Morgan fingerprint density at radius 2 is 2.21 bits per heavy atom. The van der Waals surface area contributed by atoms with E-state index in [1.165, 1.54) is 0 Å². The van der Waals surface area contributed by atoms with Crippen LogP contribution < -0.4 is 15.8 Å². The maximum absolute atomic E-state index is 11.2. The van der Waals surface area contributed by atoms with Crippen molar-refractivity contribution >= 4 is 21.8 Å². The van der Waals surface area contributed by atoms with Crippen molar-refractivity contribution in [3.8, 4) is 5.75 Å². The molecule has 0 aliphatic rings. The van der Waals surface area contributed by atoms with E-state index < -0.39 is 12.0 Å². The first kappa shape index (κ1) is 16.0. The van der Waals surface area contributed by atoms with Gasteiger partial charge in [0.1, 0.15) is 5.75 Å². The molecule has 5 heteroatoms. The molecule has 0 saturated heterocycles. The topological polar surface area (TPSA) is 64.3 Å². The van der Waals surface area contributed by atoms with E-state index in [1.54, 1.807) is 0 Å². The number of halogens is 1. The van der Waals surface area contributed by atoms with Crippen LogP contribution in [0.4, 0.5) is 0 Å². The number of nitrogens with two attached hydrogens (primary N) is 1. The normalized spacial score (nSPS) is 12.2. The third-order valence-corrected chi connectivity index (χ3v) is 3.50. The summed E-state index contributed by atoms with van der Waals surface area (Å²) in [6.45, 7) is 5.73. The van der Waals surface area contributed by atoms with Crippen LogP contribution in [0.2, 0.25) is 0 Å². The summed E-state index contributed by atoms with van der Waals surface area (Å²) in [5, 5.41) is 3.33. The summed E-state index contributed by atoms with van der Waals surface area (Å²) in [5.41, 5.74) is 6.38. The Morgan fingerprint density at radius 1 is 1.47 bits per heavy atom. The smallest absolute Gasteiger partial charge is 0.258 e. The summed E-state index contributed by atoms with van der Waals surface area (Å²) < 4.78 is 6.63. The number of amides is 1. The van der Waals surface area contributed by atoms with Crippen LogP contribution in [0.15, 0.2) is 22.7 Å². The minimum atomic E-state index is -0.572. The van der Waals surface area contributed by atoms with E-state index in [4.69, 9.17) is 10.5 Å². The van der Waals surface area contributed by atoms with Crippen molar-refractivity contribution in [3.05, 3.63) is 28.2 Å². The van der Waals surface area contributed by atoms with Crippen molar-refractivity contribution < 1.29 is 9.53 Å². The zero-order valence-electron chi connectivity index (χ0n) is 11.4. The number of carbonyl (C=O) groups excluding carboxylic acids is 1. The Kier molecular flexibility index (Phi) is 6.87. The third kappa shape index (κ3) is 5.20. The molecule has 1 rings (SSSR count). The molecule has 19 heavy (non-hydrogen) atoms. The van der Waals surface area contributed by atoms with Gasteiger partial charge < -0.3 is 15.8 Å². The first-order chi connectivity index (χ1) is 9.08. The molecule has 0 aliphatic heterocycles. The highest BCUT2D eigenvalue weighted by Crippen LogP contribution is 2.23. The maximum Gasteiger partial charge on any atom is 0.258 e. The molecule has 4 nitrogen and oxygen atoms in total. The van der Waals surface area contributed by atoms with Gasteiger partial charge in [-0.25, -0.2) is 0 Å². The Balaban J connectivity index is 2.74. The Labute approximate surface area is 122 Å². The van der Waals surface area contributed by atoms with Gasteiger partial charge in [-0.15, -0.1) is 0 Å². The van der Waals surface area contributed by atoms with Crippen LogP contribution in [0.3, 0.4) is 0 Å². The van der Waals surface area contributed by atoms with Crippen LogP contribution in [0.1, 0.15) is 32.3 Å². The average Bonchev–Trinajstić information content (AvgIpc) is 2.39. The number of primary amides is 1. The Hall–Kier alpha value is -1.07. The molecule has 1 aromatic rings. The SMILES string of the molecule is CCCNCc1cc(OC(CC)C(N)=O)ccc1Br. The summed E-state index contributed by atoms with van der Waals surface area (Å²) in [7, 11) is 0. The van der Waals surface area contributed by atoms with Crippen LogP contribution in [0, 0.1) is 0 Å². The molecule has 1 amide bonds. The molecule has 0 spiro atoms. The van der Waals surface area contributed by atoms with Gasteiger partial charge in [0, 0.05) is 11.0 Å². The van der Waals surface area contributed by atoms with Crippen molar-refractivity contribution in [2.24, 2.45) is 5.73 Å². The van der Waals surface area contributed by atoms with Gasteiger partial charge in [0.2, 0.25) is 0 Å². The molecular formula is C14H21BrN2O2. The average molecular weight is 329 g/mol. The second-order valence-electron chi connectivity index (χ2n) is 4.35. The van der Waals surface area contributed by atoms with Gasteiger partial charge in [0.05, 0.1) is 0 Å². The van der Waals surface area contributed by atoms with E-state index in [0.29, 0.717) is 12.2 Å². The lowest BCUT2D eigenvalue weighted by atomic mass is 10.2. The molecule has 0 aromatic heterocycles. The van der Waals surface area contributed by atoms with Crippen molar-refractivity contribution in [1.82, 2.24) is 5.32 Å². The van der Waals surface area contributed by atoms with Gasteiger partial charge in [0.25, 0.3) is 5.91 Å². The molecule has 106 valence electrons. The summed E-state index contributed by atoms with van der Waals surface area (Å²) in [4.78, 5) is 11.2. The fourth-order valence-corrected chi connectivity index (χ4v) is 2.05. The second-order valence-corrected chi connectivity index (χ2v) is 5.20. The highest BCUT2D eigenvalue weighted by molar-refractivity contribution is 9.10. The number of hydrogen-bond acceptors (Lipinski definition) is 3. The van der Waals surface area contributed by atoms with Gasteiger partial charge in [-0.05, 0) is 43.1 Å². The van der Waals surface area contributed by atoms with E-state index in [9.17, 15) is 4.79 Å². The molecule has 3 N–H and O–H groups in total. The predicted octanol–water partition coefficient (Wildman–Crippen LogP) is 2.59. The summed E-state index contributed by atoms with van der Waals surface area (Å²) in [6, 6.07) is 5.68. The van der Waals surface area contributed by atoms with Crippen molar-refractivity contribution in [2.45, 2.75) is 39.3 Å². The van der Waals surface area contributed by atoms with Crippen LogP contribution in [-0.4, -0.2) is 18.6 Å². The molecular weight excluding hydrogens is 308 g/mol. The summed E-state index contributed by atoms with van der Waals surface area (Å²) in [5.74, 6) is 0.234. The largest absolute Gasteiger partial charge is 0.481 e. The van der Waals surface area contributed by atoms with Crippen LogP contribution in [-0.2, 0) is 11.3 Å². The predicted molar refractivity (Wildman–Crippen MR) is 80.0 cm³/mol. The number of nitrogens with one attached hydrogen (secondary N) is 1. The van der Waals surface area contributed by atoms with Gasteiger partial charge >= 0.3 is 0 Å². The lowest BCUT2D eigenvalue weighted by molar-refractivity contribution is -0.124. The van der Waals surface area contributed by atoms with Crippen molar-refractivity contribution in [3.63, 3.8) is 0 Å². The molecule has 0 fully saturated rings. The monoisotopic (exact) mass is 328 g/mol. The van der Waals surface area contributed by atoms with Crippen LogP contribution in [0.25, 0.3) is 0 Å². The second kappa shape index (κ2) is 8.17. The lowest BCUT2D eigenvalue weighted by Gasteiger charge is -2.15. The zero-order chi connectivity index (χ0) is 14.3. The Bertz CT molecular complexity index is 424. The quantitative estimate of drug-likeness (QED) is 0.721. The van der Waals surface area contributed by atoms with Crippen molar-refractivity contribution in [2.75, 3.05) is 6.54 Å². The molecule has 0 aliphatic carbocycles. The fourth-order valence-electron chi connectivity index (χ4n) is 1.67. The number of ether oxygens (including phenoxy) is 1. The van der Waals surface area contributed by atoms with E-state index in [-0.39, 0.29) is 0 Å². The van der Waals surface area contributed by atoms with Crippen molar-refractivity contribution in [1.29, 1.82) is 0 Å². The van der Waals surface area contributed by atoms with Gasteiger partial charge in [-0.3, -0.25) is 4.79 Å². The standard InChI is InChI=1S/C14H21BrN2O2/c1-3-7-17-9-10-8-11(5-6-12(10)15)19-13(4-2)14(16)18/h5-6,8,13,17H,3-4,7,9H2,1-2H3,(H2,16,18).